The van der Waals surface area contributed by atoms with Gasteiger partial charge in [-0.15, -0.1) is 0 Å². The molecule has 1 N–H and O–H groups in total. The molecule has 0 atom stereocenters. The van der Waals surface area contributed by atoms with E-state index >= 15 is 0 Å². The Morgan fingerprint density at radius 2 is 1.75 bits per heavy atom. The van der Waals surface area contributed by atoms with Crippen LogP contribution in [0.15, 0.2) is 24.3 Å². The molecule has 3 heteroatoms. The summed E-state index contributed by atoms with van der Waals surface area (Å²) in [5, 5.41) is 8.74. The third kappa shape index (κ3) is 3.93. The van der Waals surface area contributed by atoms with E-state index in [9.17, 15) is 4.79 Å². The van der Waals surface area contributed by atoms with Crippen molar-refractivity contribution in [2.75, 3.05) is 7.05 Å². The van der Waals surface area contributed by atoms with E-state index in [0.717, 1.165) is 12.0 Å². The second-order valence-electron chi connectivity index (χ2n) is 4.55. The van der Waals surface area contributed by atoms with Gasteiger partial charge in [0, 0.05) is 13.6 Å². The zero-order valence-electron chi connectivity index (χ0n) is 10.1. The second-order valence-corrected chi connectivity index (χ2v) is 4.55. The zero-order chi connectivity index (χ0) is 12.1. The molecule has 0 aliphatic heterocycles. The standard InChI is InChI=1S/C13H19NO2/c1-10(2)8-11-4-6-12(7-5-11)9-14(3)13(15)16/h4-7,10H,8-9H2,1-3H3,(H,15,16). The lowest BCUT2D eigenvalue weighted by Gasteiger charge is -2.13. The Bertz CT molecular complexity index is 343. The van der Waals surface area contributed by atoms with Crippen LogP contribution in [0.25, 0.3) is 0 Å². The molecule has 0 aliphatic rings. The number of rotatable bonds is 4. The highest BCUT2D eigenvalue weighted by molar-refractivity contribution is 5.64. The number of carboxylic acid groups (broad SMARTS) is 1. The minimum Gasteiger partial charge on any atom is -0.465 e. The van der Waals surface area contributed by atoms with Gasteiger partial charge in [0.15, 0.2) is 0 Å². The van der Waals surface area contributed by atoms with Crippen LogP contribution in [-0.2, 0) is 13.0 Å². The summed E-state index contributed by atoms with van der Waals surface area (Å²) in [4.78, 5) is 11.9. The molecule has 0 spiro atoms. The molecule has 16 heavy (non-hydrogen) atoms. The lowest BCUT2D eigenvalue weighted by molar-refractivity contribution is 0.154. The van der Waals surface area contributed by atoms with Crippen LogP contribution in [-0.4, -0.2) is 23.1 Å². The number of benzene rings is 1. The number of hydrogen-bond donors (Lipinski definition) is 1. The fraction of sp³-hybridized carbons (Fsp3) is 0.462. The van der Waals surface area contributed by atoms with Crippen LogP contribution in [0.4, 0.5) is 4.79 Å². The van der Waals surface area contributed by atoms with Crippen LogP contribution >= 0.6 is 0 Å². The van der Waals surface area contributed by atoms with Gasteiger partial charge in [0.25, 0.3) is 0 Å². The normalized spacial score (nSPS) is 10.5. The Labute approximate surface area is 96.7 Å². The van der Waals surface area contributed by atoms with Crippen LogP contribution in [0.1, 0.15) is 25.0 Å². The van der Waals surface area contributed by atoms with Crippen LogP contribution in [0, 0.1) is 5.92 Å². The van der Waals surface area contributed by atoms with Crippen LogP contribution in [0.3, 0.4) is 0 Å². The molecule has 0 radical (unpaired) electrons. The summed E-state index contributed by atoms with van der Waals surface area (Å²) in [6, 6.07) is 8.14. The van der Waals surface area contributed by atoms with Crippen molar-refractivity contribution < 1.29 is 9.90 Å². The third-order valence-corrected chi connectivity index (χ3v) is 2.41. The van der Waals surface area contributed by atoms with Gasteiger partial charge >= 0.3 is 6.09 Å². The van der Waals surface area contributed by atoms with Crippen LogP contribution in [0.5, 0.6) is 0 Å². The van der Waals surface area contributed by atoms with Gasteiger partial charge in [-0.3, -0.25) is 0 Å². The second kappa shape index (κ2) is 5.54. The van der Waals surface area contributed by atoms with Gasteiger partial charge in [-0.05, 0) is 23.5 Å². The topological polar surface area (TPSA) is 40.5 Å². The predicted molar refractivity (Wildman–Crippen MR) is 64.5 cm³/mol. The molecule has 1 rings (SSSR count). The number of nitrogens with zero attached hydrogens (tertiary/aromatic N) is 1. The molecule has 0 saturated heterocycles. The first-order valence-electron chi connectivity index (χ1n) is 5.51. The lowest BCUT2D eigenvalue weighted by Crippen LogP contribution is -2.23. The highest BCUT2D eigenvalue weighted by Gasteiger charge is 2.05. The third-order valence-electron chi connectivity index (χ3n) is 2.41. The maximum atomic E-state index is 10.6. The van der Waals surface area contributed by atoms with Crippen molar-refractivity contribution in [3.8, 4) is 0 Å². The fourth-order valence-electron chi connectivity index (χ4n) is 1.59. The van der Waals surface area contributed by atoms with E-state index in [0.29, 0.717) is 12.5 Å². The van der Waals surface area contributed by atoms with Crippen molar-refractivity contribution in [1.82, 2.24) is 4.90 Å². The van der Waals surface area contributed by atoms with E-state index in [1.165, 1.54) is 10.5 Å². The first kappa shape index (κ1) is 12.6. The SMILES string of the molecule is CC(C)Cc1ccc(CN(C)C(=O)O)cc1. The monoisotopic (exact) mass is 221 g/mol. The molecule has 0 heterocycles. The molecular weight excluding hydrogens is 202 g/mol. The summed E-state index contributed by atoms with van der Waals surface area (Å²) in [7, 11) is 1.57. The van der Waals surface area contributed by atoms with E-state index < -0.39 is 6.09 Å². The Hall–Kier alpha value is -1.51. The van der Waals surface area contributed by atoms with Gasteiger partial charge in [0.2, 0.25) is 0 Å². The molecular formula is C13H19NO2. The molecule has 0 fully saturated rings. The molecule has 0 aliphatic carbocycles. The van der Waals surface area contributed by atoms with E-state index in [-0.39, 0.29) is 0 Å². The average Bonchev–Trinajstić information content (AvgIpc) is 2.20. The van der Waals surface area contributed by atoms with Crippen LogP contribution in [0.2, 0.25) is 0 Å². The Morgan fingerprint density at radius 3 is 2.19 bits per heavy atom. The minimum atomic E-state index is -0.897. The van der Waals surface area contributed by atoms with Crippen LogP contribution < -0.4 is 0 Å². The summed E-state index contributed by atoms with van der Waals surface area (Å²) < 4.78 is 0. The summed E-state index contributed by atoms with van der Waals surface area (Å²) in [5.74, 6) is 0.646. The van der Waals surface area contributed by atoms with Crippen molar-refractivity contribution >= 4 is 6.09 Å². The summed E-state index contributed by atoms with van der Waals surface area (Å²) in [5.41, 5.74) is 2.33. The molecule has 0 saturated carbocycles. The molecule has 0 aromatic heterocycles. The molecule has 0 bridgehead atoms. The van der Waals surface area contributed by atoms with Gasteiger partial charge in [0.1, 0.15) is 0 Å². The minimum absolute atomic E-state index is 0.442. The molecule has 1 aromatic carbocycles. The summed E-state index contributed by atoms with van der Waals surface area (Å²) in [6.07, 6.45) is 0.168. The Balaban J connectivity index is 2.61. The van der Waals surface area contributed by atoms with Gasteiger partial charge in [0.05, 0.1) is 0 Å². The average molecular weight is 221 g/mol. The van der Waals surface area contributed by atoms with Crippen molar-refractivity contribution in [3.05, 3.63) is 35.4 Å². The molecule has 1 aromatic rings. The Morgan fingerprint density at radius 1 is 1.25 bits per heavy atom. The summed E-state index contributed by atoms with van der Waals surface area (Å²) in [6.45, 7) is 4.82. The van der Waals surface area contributed by atoms with E-state index in [2.05, 4.69) is 26.0 Å². The highest BCUT2D eigenvalue weighted by Crippen LogP contribution is 2.11. The number of carbonyl (C=O) groups is 1. The number of amides is 1. The first-order valence-corrected chi connectivity index (χ1v) is 5.51. The molecule has 0 unspecified atom stereocenters. The van der Waals surface area contributed by atoms with E-state index in [4.69, 9.17) is 5.11 Å². The summed E-state index contributed by atoms with van der Waals surface area (Å²) >= 11 is 0. The van der Waals surface area contributed by atoms with Gasteiger partial charge < -0.3 is 10.0 Å². The van der Waals surface area contributed by atoms with Crippen molar-refractivity contribution in [1.29, 1.82) is 0 Å². The predicted octanol–water partition coefficient (Wildman–Crippen LogP) is 2.99. The smallest absolute Gasteiger partial charge is 0.407 e. The molecule has 88 valence electrons. The van der Waals surface area contributed by atoms with E-state index in [1.807, 2.05) is 12.1 Å². The lowest BCUT2D eigenvalue weighted by atomic mass is 10.0. The largest absolute Gasteiger partial charge is 0.465 e. The fourth-order valence-corrected chi connectivity index (χ4v) is 1.59. The van der Waals surface area contributed by atoms with Gasteiger partial charge in [-0.2, -0.15) is 0 Å². The van der Waals surface area contributed by atoms with Gasteiger partial charge in [-0.25, -0.2) is 4.79 Å². The van der Waals surface area contributed by atoms with Gasteiger partial charge in [-0.1, -0.05) is 38.1 Å². The zero-order valence-corrected chi connectivity index (χ0v) is 10.1. The number of hydrogen-bond acceptors (Lipinski definition) is 1. The van der Waals surface area contributed by atoms with Crippen molar-refractivity contribution in [2.24, 2.45) is 5.92 Å². The quantitative estimate of drug-likeness (QED) is 0.849. The highest BCUT2D eigenvalue weighted by atomic mass is 16.4. The molecule has 3 nitrogen and oxygen atoms in total. The van der Waals surface area contributed by atoms with Crippen molar-refractivity contribution in [3.63, 3.8) is 0 Å². The Kier molecular flexibility index (Phi) is 4.35. The first-order chi connectivity index (χ1) is 7.49. The van der Waals surface area contributed by atoms with Crippen molar-refractivity contribution in [2.45, 2.75) is 26.8 Å². The molecule has 1 amide bonds. The maximum absolute atomic E-state index is 10.6. The van der Waals surface area contributed by atoms with E-state index in [1.54, 1.807) is 7.05 Å². The maximum Gasteiger partial charge on any atom is 0.407 e.